The highest BCUT2D eigenvalue weighted by molar-refractivity contribution is 6.14. The van der Waals surface area contributed by atoms with Crippen molar-refractivity contribution in [1.29, 1.82) is 0 Å². The van der Waals surface area contributed by atoms with Crippen LogP contribution in [0.25, 0.3) is 6.08 Å². The predicted molar refractivity (Wildman–Crippen MR) is 93.5 cm³/mol. The van der Waals surface area contributed by atoms with E-state index >= 15 is 0 Å². The van der Waals surface area contributed by atoms with Gasteiger partial charge in [0.25, 0.3) is 0 Å². The van der Waals surface area contributed by atoms with E-state index in [4.69, 9.17) is 4.74 Å². The molecule has 0 aliphatic carbocycles. The number of carbonyl (C=O) groups is 1. The van der Waals surface area contributed by atoms with Crippen molar-refractivity contribution < 1.29 is 19.5 Å². The molecule has 0 spiro atoms. The van der Waals surface area contributed by atoms with Crippen molar-refractivity contribution in [2.45, 2.75) is 25.8 Å². The van der Waals surface area contributed by atoms with E-state index in [1.165, 1.54) is 24.2 Å². The second kappa shape index (κ2) is 6.69. The molecule has 0 bridgehead atoms. The number of ether oxygens (including phenoxy) is 1. The molecule has 0 unspecified atom stereocenters. The fraction of sp³-hybridized carbons (Fsp3) is 0.300. The van der Waals surface area contributed by atoms with Gasteiger partial charge >= 0.3 is 0 Å². The molecule has 4 rings (SSSR count). The molecule has 0 radical (unpaired) electrons. The van der Waals surface area contributed by atoms with Crippen LogP contribution >= 0.6 is 0 Å². The zero-order valence-corrected chi connectivity index (χ0v) is 14.0. The molecule has 2 aromatic rings. The van der Waals surface area contributed by atoms with Crippen LogP contribution in [-0.4, -0.2) is 29.0 Å². The number of quaternary nitrogens is 1. The Balaban J connectivity index is 1.66. The molecule has 5 heteroatoms. The van der Waals surface area contributed by atoms with Crippen molar-refractivity contribution >= 4 is 11.9 Å². The first-order valence-electron chi connectivity index (χ1n) is 8.75. The van der Waals surface area contributed by atoms with E-state index in [-0.39, 0.29) is 11.5 Å². The van der Waals surface area contributed by atoms with Crippen molar-refractivity contribution in [3.8, 4) is 11.5 Å². The molecule has 0 amide bonds. The number of rotatable bonds is 3. The summed E-state index contributed by atoms with van der Waals surface area (Å²) in [4.78, 5) is 18.1. The topological polar surface area (TPSA) is 63.9 Å². The number of carbonyl (C=O) groups excluding carboxylic acids is 1. The van der Waals surface area contributed by atoms with Crippen molar-refractivity contribution in [1.82, 2.24) is 4.98 Å². The van der Waals surface area contributed by atoms with Crippen molar-refractivity contribution in [3.63, 3.8) is 0 Å². The van der Waals surface area contributed by atoms with Gasteiger partial charge in [-0.15, -0.1) is 0 Å². The van der Waals surface area contributed by atoms with E-state index < -0.39 is 0 Å². The van der Waals surface area contributed by atoms with E-state index in [2.05, 4.69) is 4.98 Å². The number of phenols is 1. The van der Waals surface area contributed by atoms with Crippen LogP contribution in [0.4, 0.5) is 0 Å². The van der Waals surface area contributed by atoms with Gasteiger partial charge in [0.05, 0.1) is 24.2 Å². The smallest absolute Gasteiger partial charge is 0.231 e. The maximum absolute atomic E-state index is 12.7. The monoisotopic (exact) mass is 337 g/mol. The molecule has 5 nitrogen and oxygen atoms in total. The van der Waals surface area contributed by atoms with Crippen LogP contribution in [0.2, 0.25) is 0 Å². The molecule has 25 heavy (non-hydrogen) atoms. The Bertz CT molecular complexity index is 824. The number of benzene rings is 1. The van der Waals surface area contributed by atoms with Crippen LogP contribution < -0.4 is 9.64 Å². The fourth-order valence-electron chi connectivity index (χ4n) is 3.56. The van der Waals surface area contributed by atoms with Gasteiger partial charge in [0.2, 0.25) is 5.78 Å². The largest absolute Gasteiger partial charge is 0.507 e. The summed E-state index contributed by atoms with van der Waals surface area (Å²) in [6.07, 6.45) is 8.76. The second-order valence-electron chi connectivity index (χ2n) is 6.65. The molecule has 128 valence electrons. The lowest BCUT2D eigenvalue weighted by Crippen LogP contribution is -3.11. The van der Waals surface area contributed by atoms with Crippen LogP contribution in [0.3, 0.4) is 0 Å². The molecule has 2 aliphatic heterocycles. The minimum absolute atomic E-state index is 0.137. The molecule has 1 saturated heterocycles. The van der Waals surface area contributed by atoms with Crippen LogP contribution in [0, 0.1) is 0 Å². The molecular weight excluding hydrogens is 316 g/mol. The normalized spacial score (nSPS) is 19.0. The predicted octanol–water partition coefficient (Wildman–Crippen LogP) is 1.97. The Labute approximate surface area is 146 Å². The number of hydrogen-bond donors (Lipinski definition) is 2. The minimum Gasteiger partial charge on any atom is -0.507 e. The number of pyridine rings is 1. The van der Waals surface area contributed by atoms with Gasteiger partial charge in [-0.25, -0.2) is 0 Å². The molecule has 1 aromatic carbocycles. The van der Waals surface area contributed by atoms with E-state index in [0.29, 0.717) is 23.6 Å². The Morgan fingerprint density at radius 2 is 1.88 bits per heavy atom. The molecule has 2 N–H and O–H groups in total. The van der Waals surface area contributed by atoms with E-state index in [1.807, 2.05) is 12.1 Å². The number of allylic oxidation sites excluding steroid dienone is 1. The first kappa shape index (κ1) is 15.8. The lowest BCUT2D eigenvalue weighted by molar-refractivity contribution is -0.918. The number of likely N-dealkylation sites (tertiary alicyclic amines) is 1. The number of ketones is 1. The molecule has 1 fully saturated rings. The zero-order valence-electron chi connectivity index (χ0n) is 14.0. The Morgan fingerprint density at radius 3 is 2.64 bits per heavy atom. The van der Waals surface area contributed by atoms with E-state index in [9.17, 15) is 9.90 Å². The number of phenolic OH excluding ortho intramolecular Hbond substituents is 1. The highest BCUT2D eigenvalue weighted by Crippen LogP contribution is 2.39. The third-order valence-corrected chi connectivity index (χ3v) is 4.91. The number of aromatic hydroxyl groups is 1. The number of aromatic nitrogens is 1. The standard InChI is InChI=1S/C20H20N2O3/c23-17-5-4-15-19(24)18(12-14-6-8-21-9-7-14)25-20(15)16(17)13-22-10-2-1-3-11-22/h4-9,12,23H,1-3,10-11,13H2/p+1/b18-12-. The fourth-order valence-corrected chi connectivity index (χ4v) is 3.56. The number of nitrogens with one attached hydrogen (secondary N) is 1. The SMILES string of the molecule is O=C1/C(=C/c2ccncc2)Oc2c1ccc(O)c2C[NH+]1CCCCC1. The molecule has 0 atom stereocenters. The molecule has 0 saturated carbocycles. The number of hydrogen-bond acceptors (Lipinski definition) is 4. The van der Waals surface area contributed by atoms with Crippen LogP contribution in [0.1, 0.15) is 40.7 Å². The van der Waals surface area contributed by atoms with Crippen LogP contribution in [-0.2, 0) is 6.54 Å². The van der Waals surface area contributed by atoms with Crippen LogP contribution in [0.5, 0.6) is 11.5 Å². The van der Waals surface area contributed by atoms with Crippen molar-refractivity contribution in [2.75, 3.05) is 13.1 Å². The third kappa shape index (κ3) is 3.15. The summed E-state index contributed by atoms with van der Waals surface area (Å²) >= 11 is 0. The highest BCUT2D eigenvalue weighted by atomic mass is 16.5. The first-order valence-corrected chi connectivity index (χ1v) is 8.75. The first-order chi connectivity index (χ1) is 12.2. The van der Waals surface area contributed by atoms with Gasteiger partial charge in [0.1, 0.15) is 12.3 Å². The van der Waals surface area contributed by atoms with Gasteiger partial charge in [-0.2, -0.15) is 0 Å². The Morgan fingerprint density at radius 1 is 1.12 bits per heavy atom. The van der Waals surface area contributed by atoms with Gasteiger partial charge in [-0.1, -0.05) is 0 Å². The average molecular weight is 337 g/mol. The van der Waals surface area contributed by atoms with Gasteiger partial charge < -0.3 is 14.7 Å². The molecular formula is C20H21N2O3+. The summed E-state index contributed by atoms with van der Waals surface area (Å²) in [5, 5.41) is 10.3. The summed E-state index contributed by atoms with van der Waals surface area (Å²) in [6, 6.07) is 6.90. The quantitative estimate of drug-likeness (QED) is 0.841. The highest BCUT2D eigenvalue weighted by Gasteiger charge is 2.32. The summed E-state index contributed by atoms with van der Waals surface area (Å²) < 4.78 is 5.89. The molecule has 1 aromatic heterocycles. The van der Waals surface area contributed by atoms with Gasteiger partial charge in [-0.05, 0) is 55.2 Å². The summed E-state index contributed by atoms with van der Waals surface area (Å²) in [6.45, 7) is 2.87. The van der Waals surface area contributed by atoms with Gasteiger partial charge in [0, 0.05) is 12.4 Å². The number of Topliss-reactive ketones (excluding diaryl/α,β-unsaturated/α-hetero) is 1. The summed E-state index contributed by atoms with van der Waals surface area (Å²) in [7, 11) is 0. The van der Waals surface area contributed by atoms with Crippen molar-refractivity contribution in [2.24, 2.45) is 0 Å². The second-order valence-corrected chi connectivity index (χ2v) is 6.65. The number of nitrogens with zero attached hydrogens (tertiary/aromatic N) is 1. The number of fused-ring (bicyclic) bond motifs is 1. The lowest BCUT2D eigenvalue weighted by atomic mass is 10.0. The van der Waals surface area contributed by atoms with Crippen LogP contribution in [0.15, 0.2) is 42.4 Å². The summed E-state index contributed by atoms with van der Waals surface area (Å²) in [5.41, 5.74) is 2.13. The molecule has 3 heterocycles. The number of piperidine rings is 1. The maximum Gasteiger partial charge on any atom is 0.231 e. The third-order valence-electron chi connectivity index (χ3n) is 4.91. The maximum atomic E-state index is 12.7. The van der Waals surface area contributed by atoms with Crippen molar-refractivity contribution in [3.05, 3.63) is 59.1 Å². The summed E-state index contributed by atoms with van der Waals surface area (Å²) in [5.74, 6) is 0.876. The van der Waals surface area contributed by atoms with Gasteiger partial charge in [-0.3, -0.25) is 9.78 Å². The minimum atomic E-state index is -0.137. The Kier molecular flexibility index (Phi) is 4.24. The van der Waals surface area contributed by atoms with Gasteiger partial charge in [0.15, 0.2) is 11.5 Å². The average Bonchev–Trinajstić information content (AvgIpc) is 2.95. The van der Waals surface area contributed by atoms with E-state index in [1.54, 1.807) is 30.6 Å². The van der Waals surface area contributed by atoms with E-state index in [0.717, 1.165) is 24.2 Å². The molecule has 2 aliphatic rings. The zero-order chi connectivity index (χ0) is 17.2. The Hall–Kier alpha value is -2.66. The lowest BCUT2D eigenvalue weighted by Gasteiger charge is -2.24.